The number of carbonyl (C=O) groups excluding carboxylic acids is 2. The van der Waals surface area contributed by atoms with Crippen LogP contribution in [0.3, 0.4) is 0 Å². The van der Waals surface area contributed by atoms with Gasteiger partial charge in [-0.05, 0) is 30.0 Å². The van der Waals surface area contributed by atoms with Crippen molar-refractivity contribution in [3.63, 3.8) is 0 Å². The predicted octanol–water partition coefficient (Wildman–Crippen LogP) is 2.59. The highest BCUT2D eigenvalue weighted by atomic mass is 16.2. The molecule has 0 radical (unpaired) electrons. The molecule has 2 heterocycles. The summed E-state index contributed by atoms with van der Waals surface area (Å²) in [5, 5.41) is 2.95. The Labute approximate surface area is 165 Å². The number of carbonyl (C=O) groups is 2. The summed E-state index contributed by atoms with van der Waals surface area (Å²) in [5.41, 5.74) is 2.90. The average Bonchev–Trinajstić information content (AvgIpc) is 2.70. The molecule has 7 nitrogen and oxygen atoms in total. The van der Waals surface area contributed by atoms with E-state index in [1.54, 1.807) is 23.4 Å². The lowest BCUT2D eigenvalue weighted by Gasteiger charge is -2.34. The van der Waals surface area contributed by atoms with Gasteiger partial charge in [0.15, 0.2) is 0 Å². The number of benzene rings is 1. The molecule has 28 heavy (non-hydrogen) atoms. The number of hydrogen-bond donors (Lipinski definition) is 1. The molecule has 2 aromatic rings. The number of aromatic nitrogens is 2. The molecular formula is C21H27N5O2. The highest BCUT2D eigenvalue weighted by Crippen LogP contribution is 2.27. The molecule has 1 fully saturated rings. The van der Waals surface area contributed by atoms with Crippen molar-refractivity contribution in [3.8, 4) is 0 Å². The van der Waals surface area contributed by atoms with Crippen molar-refractivity contribution < 1.29 is 9.59 Å². The fourth-order valence-corrected chi connectivity index (χ4v) is 3.39. The van der Waals surface area contributed by atoms with Crippen LogP contribution >= 0.6 is 0 Å². The molecule has 0 bridgehead atoms. The topological polar surface area (TPSA) is 78.4 Å². The molecule has 0 atom stereocenters. The largest absolute Gasteiger partial charge is 0.339 e. The molecule has 148 valence electrons. The Morgan fingerprint density at radius 3 is 2.39 bits per heavy atom. The number of piperazine rings is 1. The SMILES string of the molecule is Cc1cccc(C(C)C)c1NC(=O)CC(=O)N1CCN(c2ncccn2)CC1. The van der Waals surface area contributed by atoms with Crippen LogP contribution in [-0.4, -0.2) is 52.9 Å². The molecule has 1 aromatic heterocycles. The molecule has 7 heteroatoms. The van der Waals surface area contributed by atoms with Crippen molar-refractivity contribution in [2.75, 3.05) is 36.4 Å². The minimum Gasteiger partial charge on any atom is -0.339 e. The van der Waals surface area contributed by atoms with Crippen molar-refractivity contribution in [1.29, 1.82) is 0 Å². The van der Waals surface area contributed by atoms with Crippen LogP contribution in [0.15, 0.2) is 36.7 Å². The quantitative estimate of drug-likeness (QED) is 0.806. The van der Waals surface area contributed by atoms with E-state index in [0.29, 0.717) is 38.0 Å². The maximum absolute atomic E-state index is 12.6. The molecule has 0 unspecified atom stereocenters. The Morgan fingerprint density at radius 1 is 1.07 bits per heavy atom. The second kappa shape index (κ2) is 8.82. The zero-order chi connectivity index (χ0) is 20.1. The fourth-order valence-electron chi connectivity index (χ4n) is 3.39. The normalized spacial score (nSPS) is 14.3. The Kier molecular flexibility index (Phi) is 6.23. The molecule has 0 spiro atoms. The van der Waals surface area contributed by atoms with Crippen LogP contribution in [0.4, 0.5) is 11.6 Å². The molecule has 1 aromatic carbocycles. The van der Waals surface area contributed by atoms with E-state index in [1.807, 2.05) is 30.0 Å². The second-order valence-electron chi connectivity index (χ2n) is 7.34. The van der Waals surface area contributed by atoms with Crippen LogP contribution < -0.4 is 10.2 Å². The van der Waals surface area contributed by atoms with E-state index in [1.165, 1.54) is 0 Å². The Morgan fingerprint density at radius 2 is 1.75 bits per heavy atom. The third-order valence-corrected chi connectivity index (χ3v) is 4.97. The molecule has 0 aliphatic carbocycles. The molecule has 1 saturated heterocycles. The Balaban J connectivity index is 1.55. The van der Waals surface area contributed by atoms with Crippen molar-refractivity contribution in [2.45, 2.75) is 33.1 Å². The zero-order valence-electron chi connectivity index (χ0n) is 16.7. The second-order valence-corrected chi connectivity index (χ2v) is 7.34. The molecule has 0 saturated carbocycles. The first-order valence-electron chi connectivity index (χ1n) is 9.65. The van der Waals surface area contributed by atoms with E-state index in [2.05, 4.69) is 29.1 Å². The van der Waals surface area contributed by atoms with Gasteiger partial charge < -0.3 is 15.1 Å². The van der Waals surface area contributed by atoms with Crippen LogP contribution in [0.5, 0.6) is 0 Å². The zero-order valence-corrected chi connectivity index (χ0v) is 16.7. The lowest BCUT2D eigenvalue weighted by Crippen LogP contribution is -2.49. The van der Waals surface area contributed by atoms with E-state index in [0.717, 1.165) is 16.8 Å². The van der Waals surface area contributed by atoms with E-state index in [9.17, 15) is 9.59 Å². The maximum atomic E-state index is 12.6. The van der Waals surface area contributed by atoms with Gasteiger partial charge in [-0.15, -0.1) is 0 Å². The number of hydrogen-bond acceptors (Lipinski definition) is 5. The van der Waals surface area contributed by atoms with Gasteiger partial charge in [0.2, 0.25) is 17.8 Å². The third kappa shape index (κ3) is 4.65. The van der Waals surface area contributed by atoms with E-state index < -0.39 is 0 Å². The number of amides is 2. The molecule has 1 aliphatic rings. The predicted molar refractivity (Wildman–Crippen MR) is 109 cm³/mol. The van der Waals surface area contributed by atoms with Gasteiger partial charge in [0.05, 0.1) is 0 Å². The summed E-state index contributed by atoms with van der Waals surface area (Å²) in [7, 11) is 0. The first-order chi connectivity index (χ1) is 13.5. The van der Waals surface area contributed by atoms with Crippen molar-refractivity contribution in [3.05, 3.63) is 47.8 Å². The van der Waals surface area contributed by atoms with Gasteiger partial charge >= 0.3 is 0 Å². The van der Waals surface area contributed by atoms with Gasteiger partial charge in [0.25, 0.3) is 0 Å². The summed E-state index contributed by atoms with van der Waals surface area (Å²) in [6.45, 7) is 8.59. The van der Waals surface area contributed by atoms with Crippen molar-refractivity contribution in [2.24, 2.45) is 0 Å². The van der Waals surface area contributed by atoms with Gasteiger partial charge in [-0.25, -0.2) is 9.97 Å². The van der Waals surface area contributed by atoms with Crippen LogP contribution in [0, 0.1) is 6.92 Å². The van der Waals surface area contributed by atoms with Crippen molar-refractivity contribution >= 4 is 23.5 Å². The highest BCUT2D eigenvalue weighted by molar-refractivity contribution is 6.04. The van der Waals surface area contributed by atoms with Gasteiger partial charge in [-0.3, -0.25) is 9.59 Å². The smallest absolute Gasteiger partial charge is 0.233 e. The summed E-state index contributed by atoms with van der Waals surface area (Å²) in [5.74, 6) is 0.549. The molecular weight excluding hydrogens is 354 g/mol. The molecule has 2 amide bonds. The first-order valence-corrected chi connectivity index (χ1v) is 9.65. The van der Waals surface area contributed by atoms with E-state index in [-0.39, 0.29) is 18.2 Å². The number of nitrogens with zero attached hydrogens (tertiary/aromatic N) is 4. The van der Waals surface area contributed by atoms with Crippen LogP contribution in [0.2, 0.25) is 0 Å². The van der Waals surface area contributed by atoms with Crippen molar-refractivity contribution in [1.82, 2.24) is 14.9 Å². The molecule has 3 rings (SSSR count). The van der Waals surface area contributed by atoms with Gasteiger partial charge in [-0.1, -0.05) is 32.0 Å². The van der Waals surface area contributed by atoms with Crippen LogP contribution in [0.25, 0.3) is 0 Å². The lowest BCUT2D eigenvalue weighted by molar-refractivity contribution is -0.134. The Hall–Kier alpha value is -2.96. The number of rotatable bonds is 5. The number of para-hydroxylation sites is 1. The minimum atomic E-state index is -0.268. The monoisotopic (exact) mass is 381 g/mol. The summed E-state index contributed by atoms with van der Waals surface area (Å²) in [6, 6.07) is 7.75. The van der Waals surface area contributed by atoms with E-state index >= 15 is 0 Å². The maximum Gasteiger partial charge on any atom is 0.233 e. The first kappa shape index (κ1) is 19.8. The standard InChI is InChI=1S/C21H27N5O2/c1-15(2)17-7-4-6-16(3)20(17)24-18(27)14-19(28)25-10-12-26(13-11-25)21-22-8-5-9-23-21/h4-9,15H,10-14H2,1-3H3,(H,24,27). The number of anilines is 2. The number of nitrogens with one attached hydrogen (secondary N) is 1. The van der Waals surface area contributed by atoms with Gasteiger partial charge in [0, 0.05) is 44.3 Å². The lowest BCUT2D eigenvalue weighted by atomic mass is 9.98. The number of aryl methyl sites for hydroxylation is 1. The fraction of sp³-hybridized carbons (Fsp3) is 0.429. The van der Waals surface area contributed by atoms with Crippen LogP contribution in [-0.2, 0) is 9.59 Å². The summed E-state index contributed by atoms with van der Waals surface area (Å²) >= 11 is 0. The summed E-state index contributed by atoms with van der Waals surface area (Å²) in [6.07, 6.45) is 3.27. The Bertz CT molecular complexity index is 830. The molecule has 1 aliphatic heterocycles. The molecule has 1 N–H and O–H groups in total. The minimum absolute atomic E-state index is 0.145. The van der Waals surface area contributed by atoms with Crippen LogP contribution in [0.1, 0.15) is 37.3 Å². The average molecular weight is 381 g/mol. The third-order valence-electron chi connectivity index (χ3n) is 4.97. The summed E-state index contributed by atoms with van der Waals surface area (Å²) in [4.78, 5) is 37.3. The van der Waals surface area contributed by atoms with Gasteiger partial charge in [-0.2, -0.15) is 0 Å². The van der Waals surface area contributed by atoms with Gasteiger partial charge in [0.1, 0.15) is 6.42 Å². The summed E-state index contributed by atoms with van der Waals surface area (Å²) < 4.78 is 0. The van der Waals surface area contributed by atoms with E-state index in [4.69, 9.17) is 0 Å². The highest BCUT2D eigenvalue weighted by Gasteiger charge is 2.24.